The van der Waals surface area contributed by atoms with Crippen LogP contribution in [-0.2, 0) is 36.1 Å². The van der Waals surface area contributed by atoms with Crippen molar-refractivity contribution in [3.05, 3.63) is 56.6 Å². The van der Waals surface area contributed by atoms with Crippen molar-refractivity contribution in [2.75, 3.05) is 26.2 Å². The zero-order valence-electron chi connectivity index (χ0n) is 22.1. The van der Waals surface area contributed by atoms with E-state index in [0.29, 0.717) is 41.6 Å². The molecule has 0 spiro atoms. The van der Waals surface area contributed by atoms with Gasteiger partial charge in [-0.25, -0.2) is 21.6 Å². The Labute approximate surface area is 244 Å². The van der Waals surface area contributed by atoms with Crippen molar-refractivity contribution < 1.29 is 26.4 Å². The molecule has 2 amide bonds. The van der Waals surface area contributed by atoms with Gasteiger partial charge in [0.05, 0.1) is 15.8 Å². The van der Waals surface area contributed by atoms with Gasteiger partial charge in [-0.15, -0.1) is 11.3 Å². The Balaban J connectivity index is 1.32. The lowest BCUT2D eigenvalue weighted by Gasteiger charge is -2.34. The molecule has 2 atom stereocenters. The Morgan fingerprint density at radius 1 is 1.07 bits per heavy atom. The number of nitrogens with zero attached hydrogens (tertiary/aromatic N) is 2. The predicted octanol–water partition coefficient (Wildman–Crippen LogP) is 2.81. The third-order valence-electron chi connectivity index (χ3n) is 7.02. The van der Waals surface area contributed by atoms with Crippen LogP contribution in [0.4, 0.5) is 0 Å². The van der Waals surface area contributed by atoms with Crippen LogP contribution in [0.3, 0.4) is 0 Å². The monoisotopic (exact) mass is 628 g/mol. The average Bonchev–Trinajstić information content (AvgIpc) is 3.57. The molecular weight excluding hydrogens is 596 g/mol. The number of carbonyl (C=O) groups excluding carboxylic acids is 2. The highest BCUT2D eigenvalue weighted by atomic mass is 35.5. The van der Waals surface area contributed by atoms with Crippen LogP contribution in [0.1, 0.15) is 43.0 Å². The highest BCUT2D eigenvalue weighted by Gasteiger charge is 2.35. The van der Waals surface area contributed by atoms with Crippen molar-refractivity contribution in [1.29, 1.82) is 0 Å². The first-order valence-corrected chi connectivity index (χ1v) is 17.3. The first kappa shape index (κ1) is 30.7. The molecule has 3 heterocycles. The van der Waals surface area contributed by atoms with Gasteiger partial charge in [-0.2, -0.15) is 4.72 Å². The van der Waals surface area contributed by atoms with E-state index >= 15 is 0 Å². The van der Waals surface area contributed by atoms with Gasteiger partial charge < -0.3 is 9.80 Å². The topological polar surface area (TPSA) is 133 Å². The molecule has 0 unspecified atom stereocenters. The quantitative estimate of drug-likeness (QED) is 0.393. The number of rotatable bonds is 11. The lowest BCUT2D eigenvalue weighted by atomic mass is 10.1. The van der Waals surface area contributed by atoms with Gasteiger partial charge in [0.15, 0.2) is 0 Å². The van der Waals surface area contributed by atoms with Gasteiger partial charge >= 0.3 is 0 Å². The Bertz CT molecular complexity index is 1460. The number of thiophene rings is 1. The van der Waals surface area contributed by atoms with Crippen LogP contribution < -0.4 is 9.44 Å². The Morgan fingerprint density at radius 2 is 1.80 bits per heavy atom. The third-order valence-corrected chi connectivity index (χ3v) is 10.8. The van der Waals surface area contributed by atoms with Crippen molar-refractivity contribution in [3.63, 3.8) is 0 Å². The number of benzene rings is 1. The molecular formula is C26H33ClN4O6S3. The first-order valence-electron chi connectivity index (χ1n) is 13.1. The highest BCUT2D eigenvalue weighted by molar-refractivity contribution is 7.92. The number of amides is 2. The van der Waals surface area contributed by atoms with Crippen molar-refractivity contribution >= 4 is 60.9 Å². The summed E-state index contributed by atoms with van der Waals surface area (Å²) in [4.78, 5) is 30.1. The zero-order chi connectivity index (χ0) is 28.9. The van der Waals surface area contributed by atoms with Gasteiger partial charge in [0.2, 0.25) is 31.9 Å². The molecule has 2 aromatic rings. The molecule has 4 rings (SSSR count). The fraction of sp³-hybridized carbons (Fsp3) is 0.462. The van der Waals surface area contributed by atoms with Crippen LogP contribution in [0, 0.1) is 0 Å². The summed E-state index contributed by atoms with van der Waals surface area (Å²) in [5.41, 5.74) is 1.04. The predicted molar refractivity (Wildman–Crippen MR) is 156 cm³/mol. The van der Waals surface area contributed by atoms with Crippen LogP contribution >= 0.6 is 22.9 Å². The summed E-state index contributed by atoms with van der Waals surface area (Å²) in [6.07, 6.45) is 4.45. The van der Waals surface area contributed by atoms with E-state index in [2.05, 4.69) is 9.44 Å². The maximum atomic E-state index is 13.2. The van der Waals surface area contributed by atoms with Crippen molar-refractivity contribution in [2.24, 2.45) is 0 Å². The number of aryl methyl sites for hydroxylation is 1. The zero-order valence-corrected chi connectivity index (χ0v) is 25.3. The van der Waals surface area contributed by atoms with E-state index in [-0.39, 0.29) is 29.9 Å². The number of halogens is 1. The fourth-order valence-corrected chi connectivity index (χ4v) is 7.98. The maximum absolute atomic E-state index is 13.2. The molecule has 218 valence electrons. The second kappa shape index (κ2) is 13.1. The lowest BCUT2D eigenvalue weighted by molar-refractivity contribution is -0.143. The van der Waals surface area contributed by atoms with E-state index in [1.54, 1.807) is 41.3 Å². The SMILES string of the molecule is CCc1ccc(S(=O)(=O)NC[C@H]2CCCN2C(=O)CN2CCC[C@H](NS(=O)(=O)/C=C/c3ccc(Cl)s3)C2=O)cc1. The molecule has 40 heavy (non-hydrogen) atoms. The summed E-state index contributed by atoms with van der Waals surface area (Å²) in [6, 6.07) is 8.75. The summed E-state index contributed by atoms with van der Waals surface area (Å²) >= 11 is 7.11. The van der Waals surface area contributed by atoms with E-state index in [1.807, 2.05) is 6.92 Å². The maximum Gasteiger partial charge on any atom is 0.242 e. The fourth-order valence-electron chi connectivity index (χ4n) is 4.84. The standard InChI is InChI=1S/C26H33ClN4O6S3/c1-2-19-7-10-22(11-8-19)40(36,37)28-17-20-5-3-15-31(20)25(32)18-30-14-4-6-23(26(30)33)29-39(34,35)16-13-21-9-12-24(27)38-21/h7-13,16,20,23,28-29H,2-6,14-15,17-18H2,1H3/b16-13+/t20-,23+/m1/s1. The Hall–Kier alpha value is -2.29. The smallest absolute Gasteiger partial charge is 0.242 e. The van der Waals surface area contributed by atoms with Gasteiger partial charge in [-0.05, 0) is 68.0 Å². The summed E-state index contributed by atoms with van der Waals surface area (Å²) in [7, 11) is -7.64. The second-order valence-corrected chi connectivity index (χ2v) is 14.9. The van der Waals surface area contributed by atoms with Gasteiger partial charge in [0.1, 0.15) is 6.04 Å². The molecule has 10 nitrogen and oxygen atoms in total. The van der Waals surface area contributed by atoms with Gasteiger partial charge in [0.25, 0.3) is 0 Å². The van der Waals surface area contributed by atoms with Crippen molar-refractivity contribution in [2.45, 2.75) is 56.0 Å². The molecule has 0 saturated carbocycles. The minimum absolute atomic E-state index is 0.0712. The summed E-state index contributed by atoms with van der Waals surface area (Å²) in [5, 5.41) is 1.00. The van der Waals surface area contributed by atoms with E-state index in [1.165, 1.54) is 22.3 Å². The van der Waals surface area contributed by atoms with E-state index in [9.17, 15) is 26.4 Å². The average molecular weight is 629 g/mol. The Morgan fingerprint density at radius 3 is 2.48 bits per heavy atom. The first-order chi connectivity index (χ1) is 19.0. The van der Waals surface area contributed by atoms with Crippen LogP contribution in [0.15, 0.2) is 46.7 Å². The molecule has 0 aliphatic carbocycles. The van der Waals surface area contributed by atoms with Crippen LogP contribution in [0.25, 0.3) is 6.08 Å². The number of hydrogen-bond acceptors (Lipinski definition) is 7. The molecule has 2 saturated heterocycles. The minimum Gasteiger partial charge on any atom is -0.337 e. The molecule has 0 radical (unpaired) electrons. The van der Waals surface area contributed by atoms with E-state index in [0.717, 1.165) is 23.8 Å². The van der Waals surface area contributed by atoms with Crippen LogP contribution in [-0.4, -0.2) is 76.7 Å². The van der Waals surface area contributed by atoms with Crippen LogP contribution in [0.5, 0.6) is 0 Å². The normalized spacial score (nSPS) is 20.5. The summed E-state index contributed by atoms with van der Waals surface area (Å²) < 4.78 is 56.2. The van der Waals surface area contributed by atoms with Crippen molar-refractivity contribution in [1.82, 2.24) is 19.2 Å². The highest BCUT2D eigenvalue weighted by Crippen LogP contribution is 2.23. The summed E-state index contributed by atoms with van der Waals surface area (Å²) in [5.74, 6) is -0.747. The second-order valence-electron chi connectivity index (χ2n) is 9.79. The number of piperidine rings is 1. The molecule has 1 aromatic heterocycles. The summed E-state index contributed by atoms with van der Waals surface area (Å²) in [6.45, 7) is 2.67. The van der Waals surface area contributed by atoms with Crippen molar-refractivity contribution in [3.8, 4) is 0 Å². The number of carbonyl (C=O) groups is 2. The van der Waals surface area contributed by atoms with Gasteiger partial charge in [-0.3, -0.25) is 9.59 Å². The van der Waals surface area contributed by atoms with Crippen LogP contribution in [0.2, 0.25) is 4.34 Å². The number of hydrogen-bond donors (Lipinski definition) is 2. The third kappa shape index (κ3) is 7.92. The largest absolute Gasteiger partial charge is 0.337 e. The van der Waals surface area contributed by atoms with E-state index < -0.39 is 32.0 Å². The molecule has 14 heteroatoms. The molecule has 2 aliphatic heterocycles. The van der Waals surface area contributed by atoms with Gasteiger partial charge in [-0.1, -0.05) is 30.7 Å². The lowest BCUT2D eigenvalue weighted by Crippen LogP contribution is -2.55. The minimum atomic E-state index is -3.90. The Kier molecular flexibility index (Phi) is 10.1. The molecule has 2 aliphatic rings. The molecule has 1 aromatic carbocycles. The molecule has 0 bridgehead atoms. The number of nitrogens with one attached hydrogen (secondary N) is 2. The number of sulfonamides is 2. The van der Waals surface area contributed by atoms with E-state index in [4.69, 9.17) is 11.6 Å². The molecule has 2 N–H and O–H groups in total. The number of likely N-dealkylation sites (tertiary alicyclic amines) is 2. The van der Waals surface area contributed by atoms with Gasteiger partial charge in [0, 0.05) is 36.0 Å². The molecule has 2 fully saturated rings.